The molecule has 2 heterocycles. The highest BCUT2D eigenvalue weighted by atomic mass is 32.2. The van der Waals surface area contributed by atoms with Crippen LogP contribution in [0.3, 0.4) is 0 Å². The molecule has 1 fully saturated rings. The molecule has 0 spiro atoms. The van der Waals surface area contributed by atoms with Gasteiger partial charge in [-0.3, -0.25) is 4.99 Å². The first-order chi connectivity index (χ1) is 13.9. The Hall–Kier alpha value is -2.47. The molecule has 0 aromatic heterocycles. The maximum atomic E-state index is 13.0. The predicted molar refractivity (Wildman–Crippen MR) is 104 cm³/mol. The van der Waals surface area contributed by atoms with Gasteiger partial charge in [0.05, 0.1) is 10.9 Å². The molecule has 2 aliphatic rings. The van der Waals surface area contributed by atoms with Gasteiger partial charge in [-0.1, -0.05) is 0 Å². The number of carbonyl (C=O) groups is 1. The lowest BCUT2D eigenvalue weighted by Gasteiger charge is -2.39. The van der Waals surface area contributed by atoms with Crippen molar-refractivity contribution < 1.29 is 28.3 Å². The highest BCUT2D eigenvalue weighted by Crippen LogP contribution is 2.23. The Bertz CT molecular complexity index is 884. The zero-order chi connectivity index (χ0) is 20.9. The summed E-state index contributed by atoms with van der Waals surface area (Å²) in [5.74, 6) is -0.0381. The number of hydroxylamine groups is 1. The van der Waals surface area contributed by atoms with Crippen LogP contribution in [0.2, 0.25) is 0 Å². The van der Waals surface area contributed by atoms with E-state index in [-0.39, 0.29) is 43.4 Å². The number of ether oxygens (including phenoxy) is 1. The van der Waals surface area contributed by atoms with Crippen molar-refractivity contribution in [3.63, 3.8) is 0 Å². The average Bonchev–Trinajstić information content (AvgIpc) is 2.73. The molecule has 11 heteroatoms. The maximum Gasteiger partial charge on any atom is 0.410 e. The van der Waals surface area contributed by atoms with Gasteiger partial charge in [0.1, 0.15) is 12.4 Å². The molecular weight excluding hydrogens is 400 g/mol. The van der Waals surface area contributed by atoms with Crippen molar-refractivity contribution in [3.05, 3.63) is 36.0 Å². The number of rotatable bonds is 6. The number of nitrogens with zero attached hydrogens (tertiary/aromatic N) is 3. The number of benzene rings is 1. The molecule has 1 amide bonds. The van der Waals surface area contributed by atoms with Crippen LogP contribution in [0.25, 0.3) is 0 Å². The molecule has 1 saturated heterocycles. The van der Waals surface area contributed by atoms with E-state index in [4.69, 9.17) is 9.94 Å². The minimum Gasteiger partial charge on any atom is -0.508 e. The highest BCUT2D eigenvalue weighted by Gasteiger charge is 2.37. The molecule has 3 N–H and O–H groups in total. The first-order valence-electron chi connectivity index (χ1n) is 9.21. The third-order valence-corrected chi connectivity index (χ3v) is 6.76. The van der Waals surface area contributed by atoms with E-state index in [2.05, 4.69) is 4.99 Å². The molecular formula is C18H24N4O6S. The number of nitrogens with one attached hydrogen (secondary N) is 1. The van der Waals surface area contributed by atoms with Crippen molar-refractivity contribution in [1.82, 2.24) is 14.7 Å². The zero-order valence-corrected chi connectivity index (χ0v) is 16.6. The van der Waals surface area contributed by atoms with Crippen molar-refractivity contribution in [1.29, 1.82) is 0 Å². The second-order valence-electron chi connectivity index (χ2n) is 6.78. The maximum absolute atomic E-state index is 13.0. The van der Waals surface area contributed by atoms with Gasteiger partial charge in [-0.15, -0.1) is 0 Å². The number of hydrogen-bond acceptors (Lipinski definition) is 8. The van der Waals surface area contributed by atoms with E-state index in [9.17, 15) is 18.3 Å². The van der Waals surface area contributed by atoms with E-state index < -0.39 is 22.2 Å². The van der Waals surface area contributed by atoms with E-state index in [1.54, 1.807) is 12.4 Å². The van der Waals surface area contributed by atoms with Crippen molar-refractivity contribution in [2.45, 2.75) is 23.8 Å². The fourth-order valence-corrected chi connectivity index (χ4v) is 4.85. The minimum atomic E-state index is -3.86. The lowest BCUT2D eigenvalue weighted by molar-refractivity contribution is 0.0662. The van der Waals surface area contributed by atoms with Gasteiger partial charge in [0.25, 0.3) is 0 Å². The topological polar surface area (TPSA) is 132 Å². The number of piperazine rings is 1. The van der Waals surface area contributed by atoms with Gasteiger partial charge in [-0.2, -0.15) is 4.31 Å². The largest absolute Gasteiger partial charge is 0.508 e. The van der Waals surface area contributed by atoms with Gasteiger partial charge in [0.2, 0.25) is 10.0 Å². The number of aliphatic imine (C=N–C) groups is 1. The van der Waals surface area contributed by atoms with Gasteiger partial charge in [-0.05, 0) is 42.7 Å². The normalized spacial score (nSPS) is 20.4. The Balaban J connectivity index is 1.67. The van der Waals surface area contributed by atoms with Crippen LogP contribution >= 0.6 is 0 Å². The Labute approximate surface area is 169 Å². The summed E-state index contributed by atoms with van der Waals surface area (Å²) < 4.78 is 32.5. The second kappa shape index (κ2) is 9.35. The predicted octanol–water partition coefficient (Wildman–Crippen LogP) is 0.931. The van der Waals surface area contributed by atoms with Crippen LogP contribution < -0.4 is 5.48 Å². The van der Waals surface area contributed by atoms with Gasteiger partial charge >= 0.3 is 6.09 Å². The molecule has 1 unspecified atom stereocenters. The molecule has 3 rings (SSSR count). The number of hydrogen-bond donors (Lipinski definition) is 3. The standard InChI is InChI=1S/C18H24N4O6S/c23-16-3-5-17(6-4-16)29(26,27)22-9-8-21(12-15(22)11-20-25)18(24)28-13-14-2-1-7-19-10-14/h3-7,10,15,20,23,25H,1-2,8-9,11-13H2. The number of phenols is 1. The first kappa shape index (κ1) is 21.2. The van der Waals surface area contributed by atoms with E-state index in [0.29, 0.717) is 0 Å². The molecule has 0 bridgehead atoms. The SMILES string of the molecule is O=C(OCC1=CN=CCC1)N1CCN(S(=O)(=O)c2ccc(O)cc2)C(CNO)C1. The molecule has 10 nitrogen and oxygen atoms in total. The van der Waals surface area contributed by atoms with Crippen LogP contribution in [0.15, 0.2) is 45.9 Å². The average molecular weight is 424 g/mol. The van der Waals surface area contributed by atoms with Gasteiger partial charge in [0.15, 0.2) is 0 Å². The quantitative estimate of drug-likeness (QED) is 0.579. The highest BCUT2D eigenvalue weighted by molar-refractivity contribution is 7.89. The molecule has 1 aromatic carbocycles. The van der Waals surface area contributed by atoms with E-state index >= 15 is 0 Å². The van der Waals surface area contributed by atoms with Gasteiger partial charge in [0, 0.05) is 38.6 Å². The van der Waals surface area contributed by atoms with Crippen molar-refractivity contribution >= 4 is 22.3 Å². The molecule has 29 heavy (non-hydrogen) atoms. The summed E-state index contributed by atoms with van der Waals surface area (Å²) in [7, 11) is -3.86. The summed E-state index contributed by atoms with van der Waals surface area (Å²) in [6, 6.07) is 4.54. The monoisotopic (exact) mass is 424 g/mol. The smallest absolute Gasteiger partial charge is 0.410 e. The number of sulfonamides is 1. The fraction of sp³-hybridized carbons (Fsp3) is 0.444. The molecule has 0 aliphatic carbocycles. The summed E-state index contributed by atoms with van der Waals surface area (Å²) in [4.78, 5) is 17.9. The number of amides is 1. The Morgan fingerprint density at radius 2 is 2.03 bits per heavy atom. The van der Waals surface area contributed by atoms with Gasteiger partial charge < -0.3 is 20.0 Å². The zero-order valence-electron chi connectivity index (χ0n) is 15.8. The van der Waals surface area contributed by atoms with E-state index in [1.807, 2.05) is 5.48 Å². The van der Waals surface area contributed by atoms with Crippen LogP contribution in [0.4, 0.5) is 4.79 Å². The molecule has 0 radical (unpaired) electrons. The van der Waals surface area contributed by atoms with Crippen LogP contribution in [0, 0.1) is 0 Å². The lowest BCUT2D eigenvalue weighted by Crippen LogP contribution is -2.59. The summed E-state index contributed by atoms with van der Waals surface area (Å²) >= 11 is 0. The Kier molecular flexibility index (Phi) is 6.85. The molecule has 2 aliphatic heterocycles. The van der Waals surface area contributed by atoms with Crippen molar-refractivity contribution in [2.24, 2.45) is 4.99 Å². The first-order valence-corrected chi connectivity index (χ1v) is 10.6. The number of carbonyl (C=O) groups excluding carboxylic acids is 1. The fourth-order valence-electron chi connectivity index (χ4n) is 3.25. The van der Waals surface area contributed by atoms with Gasteiger partial charge in [-0.25, -0.2) is 18.7 Å². The summed E-state index contributed by atoms with van der Waals surface area (Å²) in [6.45, 7) is 0.375. The molecule has 1 aromatic rings. The van der Waals surface area contributed by atoms with Crippen LogP contribution in [0.5, 0.6) is 5.75 Å². The van der Waals surface area contributed by atoms with Crippen LogP contribution in [-0.4, -0.2) is 79.1 Å². The third kappa shape index (κ3) is 5.12. The molecule has 1 atom stereocenters. The molecule has 158 valence electrons. The van der Waals surface area contributed by atoms with Crippen LogP contribution in [0.1, 0.15) is 12.8 Å². The van der Waals surface area contributed by atoms with Crippen LogP contribution in [-0.2, 0) is 14.8 Å². The van der Waals surface area contributed by atoms with Crippen molar-refractivity contribution in [2.75, 3.05) is 32.8 Å². The summed E-state index contributed by atoms with van der Waals surface area (Å²) in [6.07, 6.45) is 4.53. The third-order valence-electron chi connectivity index (χ3n) is 4.80. The van der Waals surface area contributed by atoms with E-state index in [0.717, 1.165) is 18.4 Å². The second-order valence-corrected chi connectivity index (χ2v) is 8.67. The Morgan fingerprint density at radius 1 is 1.28 bits per heavy atom. The number of aromatic hydroxyl groups is 1. The molecule has 0 saturated carbocycles. The lowest BCUT2D eigenvalue weighted by atomic mass is 10.1. The van der Waals surface area contributed by atoms with Crippen molar-refractivity contribution in [3.8, 4) is 5.75 Å². The van der Waals surface area contributed by atoms with E-state index in [1.165, 1.54) is 33.5 Å². The Morgan fingerprint density at radius 3 is 2.69 bits per heavy atom. The number of phenolic OH excluding ortho intramolecular Hbond substituents is 1. The summed E-state index contributed by atoms with van der Waals surface area (Å²) in [5, 5.41) is 18.5. The minimum absolute atomic E-state index is 0.0269. The summed E-state index contributed by atoms with van der Waals surface area (Å²) in [5.41, 5.74) is 2.91.